The second-order valence-electron chi connectivity index (χ2n) is 8.21. The van der Waals surface area contributed by atoms with Gasteiger partial charge in [0.2, 0.25) is 21.8 Å². The molecule has 0 spiro atoms. The number of nitrogens with zero attached hydrogens (tertiary/aromatic N) is 2. The topological polar surface area (TPSA) is 86.8 Å². The number of amides is 2. The number of rotatable bonds is 11. The largest absolute Gasteiger partial charge is 0.355 e. The molecule has 1 unspecified atom stereocenters. The van der Waals surface area contributed by atoms with Crippen LogP contribution in [0.25, 0.3) is 0 Å². The highest BCUT2D eigenvalue weighted by Crippen LogP contribution is 2.20. The van der Waals surface area contributed by atoms with Crippen molar-refractivity contribution < 1.29 is 18.0 Å². The van der Waals surface area contributed by atoms with Gasteiger partial charge in [-0.15, -0.1) is 0 Å². The highest BCUT2D eigenvalue weighted by molar-refractivity contribution is 7.92. The SMILES string of the molecule is CCNC(=O)C(Cc1ccccc1)N(Cc1ccccc1)C(=O)CN(c1ccccc1)S(C)(=O)=O. The Hall–Kier alpha value is -3.65. The molecule has 0 radical (unpaired) electrons. The summed E-state index contributed by atoms with van der Waals surface area (Å²) in [7, 11) is -3.75. The maximum absolute atomic E-state index is 13.8. The second-order valence-corrected chi connectivity index (χ2v) is 10.1. The molecule has 8 heteroatoms. The van der Waals surface area contributed by atoms with E-state index < -0.39 is 28.5 Å². The normalized spacial score (nSPS) is 11.9. The van der Waals surface area contributed by atoms with Gasteiger partial charge in [0.25, 0.3) is 0 Å². The van der Waals surface area contributed by atoms with Crippen LogP contribution >= 0.6 is 0 Å². The van der Waals surface area contributed by atoms with Gasteiger partial charge in [0.05, 0.1) is 11.9 Å². The molecular weight excluding hydrogens is 462 g/mol. The van der Waals surface area contributed by atoms with Crippen molar-refractivity contribution in [3.63, 3.8) is 0 Å². The van der Waals surface area contributed by atoms with Gasteiger partial charge in [-0.2, -0.15) is 0 Å². The first-order valence-corrected chi connectivity index (χ1v) is 13.3. The van der Waals surface area contributed by atoms with E-state index >= 15 is 0 Å². The summed E-state index contributed by atoms with van der Waals surface area (Å²) in [6.45, 7) is 1.99. The minimum Gasteiger partial charge on any atom is -0.355 e. The number of nitrogens with one attached hydrogen (secondary N) is 1. The third kappa shape index (κ3) is 7.42. The smallest absolute Gasteiger partial charge is 0.244 e. The van der Waals surface area contributed by atoms with Gasteiger partial charge in [0.1, 0.15) is 12.6 Å². The third-order valence-corrected chi connectivity index (χ3v) is 6.68. The quantitative estimate of drug-likeness (QED) is 0.444. The van der Waals surface area contributed by atoms with Crippen LogP contribution < -0.4 is 9.62 Å². The average Bonchev–Trinajstić information content (AvgIpc) is 2.85. The number of carbonyl (C=O) groups is 2. The summed E-state index contributed by atoms with van der Waals surface area (Å²) in [6.07, 6.45) is 1.37. The van der Waals surface area contributed by atoms with Crippen LogP contribution in [0.2, 0.25) is 0 Å². The van der Waals surface area contributed by atoms with Crippen LogP contribution in [0.15, 0.2) is 91.0 Å². The van der Waals surface area contributed by atoms with Crippen molar-refractivity contribution in [3.8, 4) is 0 Å². The van der Waals surface area contributed by atoms with Gasteiger partial charge in [-0.25, -0.2) is 8.42 Å². The van der Waals surface area contributed by atoms with Crippen molar-refractivity contribution in [1.29, 1.82) is 0 Å². The van der Waals surface area contributed by atoms with Crippen molar-refractivity contribution in [1.82, 2.24) is 10.2 Å². The van der Waals surface area contributed by atoms with Crippen LogP contribution in [0.1, 0.15) is 18.1 Å². The third-order valence-electron chi connectivity index (χ3n) is 5.54. The Kier molecular flexibility index (Phi) is 9.03. The average molecular weight is 494 g/mol. The van der Waals surface area contributed by atoms with Gasteiger partial charge in [0, 0.05) is 19.5 Å². The maximum Gasteiger partial charge on any atom is 0.244 e. The van der Waals surface area contributed by atoms with E-state index in [9.17, 15) is 18.0 Å². The van der Waals surface area contributed by atoms with Crippen LogP contribution in [-0.4, -0.2) is 50.5 Å². The van der Waals surface area contributed by atoms with E-state index in [1.807, 2.05) is 67.6 Å². The van der Waals surface area contributed by atoms with E-state index in [4.69, 9.17) is 0 Å². The Morgan fingerprint density at radius 2 is 1.34 bits per heavy atom. The Morgan fingerprint density at radius 3 is 1.86 bits per heavy atom. The van der Waals surface area contributed by atoms with Gasteiger partial charge in [-0.05, 0) is 30.2 Å². The van der Waals surface area contributed by atoms with Crippen LogP contribution in [0, 0.1) is 0 Å². The van der Waals surface area contributed by atoms with E-state index in [-0.39, 0.29) is 12.5 Å². The molecule has 3 aromatic rings. The van der Waals surface area contributed by atoms with E-state index in [1.165, 1.54) is 4.90 Å². The van der Waals surface area contributed by atoms with Crippen molar-refractivity contribution in [2.24, 2.45) is 0 Å². The van der Waals surface area contributed by atoms with Crippen molar-refractivity contribution >= 4 is 27.5 Å². The molecule has 1 atom stereocenters. The molecule has 0 aromatic heterocycles. The van der Waals surface area contributed by atoms with Gasteiger partial charge in [-0.3, -0.25) is 13.9 Å². The molecule has 2 amide bonds. The molecule has 3 aromatic carbocycles. The van der Waals surface area contributed by atoms with Crippen LogP contribution in [0.4, 0.5) is 5.69 Å². The number of para-hydroxylation sites is 1. The number of carbonyl (C=O) groups excluding carboxylic acids is 2. The predicted octanol–water partition coefficient (Wildman–Crippen LogP) is 3.23. The molecule has 0 aliphatic carbocycles. The van der Waals surface area contributed by atoms with Crippen molar-refractivity contribution in [2.75, 3.05) is 23.7 Å². The molecule has 0 aliphatic heterocycles. The second kappa shape index (κ2) is 12.2. The number of hydrogen-bond donors (Lipinski definition) is 1. The van der Waals surface area contributed by atoms with Crippen LogP contribution in [0.3, 0.4) is 0 Å². The molecule has 0 saturated carbocycles. The predicted molar refractivity (Wildman–Crippen MR) is 138 cm³/mol. The first kappa shape index (κ1) is 26.0. The number of sulfonamides is 1. The van der Waals surface area contributed by atoms with E-state index in [1.54, 1.807) is 30.3 Å². The summed E-state index contributed by atoms with van der Waals surface area (Å²) < 4.78 is 26.3. The molecule has 1 N–H and O–H groups in total. The van der Waals surface area contributed by atoms with Crippen molar-refractivity contribution in [2.45, 2.75) is 25.9 Å². The van der Waals surface area contributed by atoms with E-state index in [2.05, 4.69) is 5.32 Å². The number of benzene rings is 3. The molecule has 184 valence electrons. The lowest BCUT2D eigenvalue weighted by atomic mass is 10.0. The zero-order valence-electron chi connectivity index (χ0n) is 20.0. The maximum atomic E-state index is 13.8. The fourth-order valence-corrected chi connectivity index (χ4v) is 4.68. The molecule has 0 aliphatic rings. The first-order valence-electron chi connectivity index (χ1n) is 11.5. The summed E-state index contributed by atoms with van der Waals surface area (Å²) in [5.41, 5.74) is 2.13. The van der Waals surface area contributed by atoms with Crippen LogP contribution in [0.5, 0.6) is 0 Å². The zero-order valence-corrected chi connectivity index (χ0v) is 20.8. The minimum atomic E-state index is -3.75. The minimum absolute atomic E-state index is 0.167. The Balaban J connectivity index is 2.00. The molecular formula is C27H31N3O4S. The Bertz CT molecular complexity index is 1200. The monoisotopic (exact) mass is 493 g/mol. The lowest BCUT2D eigenvalue weighted by molar-refractivity contribution is -0.140. The summed E-state index contributed by atoms with van der Waals surface area (Å²) in [4.78, 5) is 28.4. The van der Waals surface area contributed by atoms with Crippen LogP contribution in [-0.2, 0) is 32.6 Å². The summed E-state index contributed by atoms with van der Waals surface area (Å²) in [6, 6.07) is 26.5. The molecule has 0 bridgehead atoms. The number of anilines is 1. The summed E-state index contributed by atoms with van der Waals surface area (Å²) in [5, 5.41) is 2.84. The van der Waals surface area contributed by atoms with E-state index in [0.29, 0.717) is 18.7 Å². The van der Waals surface area contributed by atoms with Gasteiger partial charge < -0.3 is 10.2 Å². The van der Waals surface area contributed by atoms with Crippen molar-refractivity contribution in [3.05, 3.63) is 102 Å². The fourth-order valence-electron chi connectivity index (χ4n) is 3.83. The molecule has 0 saturated heterocycles. The Labute approximate surface area is 207 Å². The molecule has 0 heterocycles. The highest BCUT2D eigenvalue weighted by Gasteiger charge is 2.32. The Morgan fingerprint density at radius 1 is 0.829 bits per heavy atom. The van der Waals surface area contributed by atoms with Gasteiger partial charge in [-0.1, -0.05) is 78.9 Å². The summed E-state index contributed by atoms with van der Waals surface area (Å²) >= 11 is 0. The fraction of sp³-hybridized carbons (Fsp3) is 0.259. The zero-order chi connectivity index (χ0) is 25.3. The molecule has 35 heavy (non-hydrogen) atoms. The van der Waals surface area contributed by atoms with Gasteiger partial charge >= 0.3 is 0 Å². The standard InChI is InChI=1S/C27H31N3O4S/c1-3-28-27(32)25(19-22-13-7-4-8-14-22)29(20-23-15-9-5-10-16-23)26(31)21-30(35(2,33)34)24-17-11-6-12-18-24/h4-18,25H,3,19-21H2,1-2H3,(H,28,32). The highest BCUT2D eigenvalue weighted by atomic mass is 32.2. The molecule has 0 fully saturated rings. The summed E-state index contributed by atoms with van der Waals surface area (Å²) in [5.74, 6) is -0.749. The first-order chi connectivity index (χ1) is 16.8. The lowest BCUT2D eigenvalue weighted by Gasteiger charge is -2.33. The van der Waals surface area contributed by atoms with Gasteiger partial charge in [0.15, 0.2) is 0 Å². The molecule has 7 nitrogen and oxygen atoms in total. The van der Waals surface area contributed by atoms with E-state index in [0.717, 1.165) is 21.7 Å². The molecule has 3 rings (SSSR count). The number of likely N-dealkylation sites (N-methyl/N-ethyl adjacent to an activating group) is 1. The number of hydrogen-bond acceptors (Lipinski definition) is 4. The lowest BCUT2D eigenvalue weighted by Crippen LogP contribution is -2.53.